The lowest BCUT2D eigenvalue weighted by molar-refractivity contribution is -0.146. The summed E-state index contributed by atoms with van der Waals surface area (Å²) < 4.78 is 11.5. The van der Waals surface area contributed by atoms with E-state index >= 15 is 0 Å². The van der Waals surface area contributed by atoms with Gasteiger partial charge in [0, 0.05) is 13.2 Å². The van der Waals surface area contributed by atoms with Crippen LogP contribution in [0.25, 0.3) is 0 Å². The van der Waals surface area contributed by atoms with E-state index in [0.717, 1.165) is 51.7 Å². The van der Waals surface area contributed by atoms with Gasteiger partial charge in [-0.3, -0.25) is 0 Å². The smallest absolute Gasteiger partial charge is 0.157 e. The average Bonchev–Trinajstić information content (AvgIpc) is 2.60. The molecule has 0 saturated carbocycles. The van der Waals surface area contributed by atoms with Gasteiger partial charge in [-0.25, -0.2) is 0 Å². The minimum absolute atomic E-state index is 0.00832. The van der Waals surface area contributed by atoms with E-state index in [2.05, 4.69) is 57.2 Å². The maximum Gasteiger partial charge on any atom is 0.157 e. The summed E-state index contributed by atoms with van der Waals surface area (Å²) >= 11 is 0. The Morgan fingerprint density at radius 1 is 0.667 bits per heavy atom. The molecule has 0 aromatic heterocycles. The number of unbranched alkanes of at least 4 members (excludes halogenated alkanes) is 4. The summed E-state index contributed by atoms with van der Waals surface area (Å²) in [6.07, 6.45) is 24.8. The molecule has 0 amide bonds. The van der Waals surface area contributed by atoms with Gasteiger partial charge in [-0.05, 0) is 57.8 Å². The molecule has 0 aliphatic heterocycles. The molecular formula is C22H40O2. The molecule has 0 spiro atoms. The van der Waals surface area contributed by atoms with E-state index in [1.807, 2.05) is 0 Å². The maximum absolute atomic E-state index is 5.75. The van der Waals surface area contributed by atoms with Crippen molar-refractivity contribution < 1.29 is 9.47 Å². The van der Waals surface area contributed by atoms with Gasteiger partial charge in [0.1, 0.15) is 0 Å². The highest BCUT2D eigenvalue weighted by Crippen LogP contribution is 2.11. The maximum atomic E-state index is 5.75. The molecule has 0 N–H and O–H groups in total. The van der Waals surface area contributed by atoms with Crippen molar-refractivity contribution in [2.45, 2.75) is 91.3 Å². The molecule has 0 aromatic rings. The second kappa shape index (κ2) is 20.2. The Labute approximate surface area is 151 Å². The Morgan fingerprint density at radius 3 is 1.96 bits per heavy atom. The van der Waals surface area contributed by atoms with Crippen molar-refractivity contribution >= 4 is 0 Å². The molecule has 2 nitrogen and oxygen atoms in total. The van der Waals surface area contributed by atoms with Crippen molar-refractivity contribution in [1.29, 1.82) is 0 Å². The van der Waals surface area contributed by atoms with Gasteiger partial charge < -0.3 is 9.47 Å². The SMILES string of the molecule is CC/C=C/C=C\CC/C=C\CCCCCC(OCCC)OCCC. The second-order valence-electron chi connectivity index (χ2n) is 6.12. The van der Waals surface area contributed by atoms with E-state index < -0.39 is 0 Å². The van der Waals surface area contributed by atoms with Gasteiger partial charge in [0.2, 0.25) is 0 Å². The van der Waals surface area contributed by atoms with Gasteiger partial charge >= 0.3 is 0 Å². The molecule has 0 rings (SSSR count). The number of rotatable bonds is 17. The molecule has 0 aliphatic carbocycles. The third-order valence-electron chi connectivity index (χ3n) is 3.61. The summed E-state index contributed by atoms with van der Waals surface area (Å²) in [6.45, 7) is 8.05. The first-order valence-electron chi connectivity index (χ1n) is 10.0. The monoisotopic (exact) mass is 336 g/mol. The number of hydrogen-bond donors (Lipinski definition) is 0. The van der Waals surface area contributed by atoms with Crippen molar-refractivity contribution in [1.82, 2.24) is 0 Å². The molecule has 0 saturated heterocycles. The predicted octanol–water partition coefficient (Wildman–Crippen LogP) is 6.98. The standard InChI is InChI=1S/C22H40O2/c1-4-7-8-9-10-11-12-13-14-15-16-17-18-19-22(23-20-5-2)24-21-6-3/h7-10,13-14,22H,4-6,11-12,15-21H2,1-3H3/b8-7+,10-9-,14-13-. The van der Waals surface area contributed by atoms with Crippen molar-refractivity contribution in [3.63, 3.8) is 0 Å². The van der Waals surface area contributed by atoms with Gasteiger partial charge in [0.15, 0.2) is 6.29 Å². The van der Waals surface area contributed by atoms with Crippen LogP contribution in [0.3, 0.4) is 0 Å². The van der Waals surface area contributed by atoms with Crippen molar-refractivity contribution in [3.05, 3.63) is 36.5 Å². The molecular weight excluding hydrogens is 296 g/mol. The van der Waals surface area contributed by atoms with E-state index in [9.17, 15) is 0 Å². The largest absolute Gasteiger partial charge is 0.353 e. The van der Waals surface area contributed by atoms with Crippen LogP contribution in [0.5, 0.6) is 0 Å². The summed E-state index contributed by atoms with van der Waals surface area (Å²) in [6, 6.07) is 0. The fourth-order valence-corrected chi connectivity index (χ4v) is 2.28. The van der Waals surface area contributed by atoms with E-state index in [4.69, 9.17) is 9.47 Å². The molecule has 0 fully saturated rings. The fraction of sp³-hybridized carbons (Fsp3) is 0.727. The van der Waals surface area contributed by atoms with Crippen LogP contribution in [0.4, 0.5) is 0 Å². The Bertz CT molecular complexity index is 310. The van der Waals surface area contributed by atoms with Crippen LogP contribution in [-0.4, -0.2) is 19.5 Å². The zero-order valence-electron chi connectivity index (χ0n) is 16.3. The van der Waals surface area contributed by atoms with E-state index in [-0.39, 0.29) is 6.29 Å². The molecule has 0 aliphatic rings. The van der Waals surface area contributed by atoms with Gasteiger partial charge in [-0.15, -0.1) is 0 Å². The van der Waals surface area contributed by atoms with Crippen LogP contribution in [-0.2, 0) is 9.47 Å². The second-order valence-corrected chi connectivity index (χ2v) is 6.12. The summed E-state index contributed by atoms with van der Waals surface area (Å²) in [7, 11) is 0. The predicted molar refractivity (Wildman–Crippen MR) is 106 cm³/mol. The lowest BCUT2D eigenvalue weighted by Gasteiger charge is -2.17. The molecule has 0 unspecified atom stereocenters. The summed E-state index contributed by atoms with van der Waals surface area (Å²) in [5.41, 5.74) is 0. The van der Waals surface area contributed by atoms with Crippen molar-refractivity contribution in [3.8, 4) is 0 Å². The van der Waals surface area contributed by atoms with Crippen molar-refractivity contribution in [2.24, 2.45) is 0 Å². The molecule has 0 aromatic carbocycles. The lowest BCUT2D eigenvalue weighted by atomic mass is 10.1. The van der Waals surface area contributed by atoms with Crippen LogP contribution in [0.1, 0.15) is 85.0 Å². The molecule has 0 atom stereocenters. The normalized spacial score (nSPS) is 12.5. The number of allylic oxidation sites excluding steroid dienone is 6. The first kappa shape index (κ1) is 23.1. The van der Waals surface area contributed by atoms with E-state index in [0.29, 0.717) is 0 Å². The Morgan fingerprint density at radius 2 is 1.29 bits per heavy atom. The van der Waals surface area contributed by atoms with Gasteiger partial charge in [0.25, 0.3) is 0 Å². The zero-order valence-corrected chi connectivity index (χ0v) is 16.3. The van der Waals surface area contributed by atoms with Gasteiger partial charge in [0.05, 0.1) is 0 Å². The van der Waals surface area contributed by atoms with Crippen LogP contribution in [0, 0.1) is 0 Å². The number of ether oxygens (including phenoxy) is 2. The minimum atomic E-state index is 0.00832. The third kappa shape index (κ3) is 17.5. The Hall–Kier alpha value is -0.860. The zero-order chi connectivity index (χ0) is 17.7. The molecule has 24 heavy (non-hydrogen) atoms. The Kier molecular flexibility index (Phi) is 19.5. The van der Waals surface area contributed by atoms with Crippen LogP contribution >= 0.6 is 0 Å². The van der Waals surface area contributed by atoms with Crippen LogP contribution in [0.15, 0.2) is 36.5 Å². The molecule has 2 heteroatoms. The molecule has 0 heterocycles. The quantitative estimate of drug-likeness (QED) is 0.123. The Balaban J connectivity index is 3.53. The minimum Gasteiger partial charge on any atom is -0.353 e. The summed E-state index contributed by atoms with van der Waals surface area (Å²) in [5.74, 6) is 0. The van der Waals surface area contributed by atoms with Gasteiger partial charge in [-0.1, -0.05) is 63.6 Å². The first-order chi connectivity index (χ1) is 11.8. The molecule has 0 radical (unpaired) electrons. The summed E-state index contributed by atoms with van der Waals surface area (Å²) in [4.78, 5) is 0. The van der Waals surface area contributed by atoms with Crippen LogP contribution in [0.2, 0.25) is 0 Å². The average molecular weight is 337 g/mol. The van der Waals surface area contributed by atoms with E-state index in [1.54, 1.807) is 0 Å². The highest BCUT2D eigenvalue weighted by Gasteiger charge is 2.07. The van der Waals surface area contributed by atoms with Crippen molar-refractivity contribution in [2.75, 3.05) is 13.2 Å². The topological polar surface area (TPSA) is 18.5 Å². The third-order valence-corrected chi connectivity index (χ3v) is 3.61. The summed E-state index contributed by atoms with van der Waals surface area (Å²) in [5, 5.41) is 0. The molecule has 140 valence electrons. The van der Waals surface area contributed by atoms with E-state index in [1.165, 1.54) is 25.7 Å². The highest BCUT2D eigenvalue weighted by atomic mass is 16.7. The van der Waals surface area contributed by atoms with Crippen LogP contribution < -0.4 is 0 Å². The molecule has 0 bridgehead atoms. The lowest BCUT2D eigenvalue weighted by Crippen LogP contribution is -2.18. The van der Waals surface area contributed by atoms with Gasteiger partial charge in [-0.2, -0.15) is 0 Å². The fourth-order valence-electron chi connectivity index (χ4n) is 2.28. The first-order valence-corrected chi connectivity index (χ1v) is 10.0. The highest BCUT2D eigenvalue weighted by molar-refractivity contribution is 5.02. The number of hydrogen-bond acceptors (Lipinski definition) is 2.